The van der Waals surface area contributed by atoms with Gasteiger partial charge in [-0.05, 0) is 12.1 Å². The quantitative estimate of drug-likeness (QED) is 0.849. The van der Waals surface area contributed by atoms with E-state index in [1.54, 1.807) is 0 Å². The van der Waals surface area contributed by atoms with Crippen LogP contribution in [0.25, 0.3) is 0 Å². The number of ether oxygens (including phenoxy) is 1. The van der Waals surface area contributed by atoms with Crippen molar-refractivity contribution in [3.8, 4) is 11.5 Å². The van der Waals surface area contributed by atoms with Crippen molar-refractivity contribution in [3.05, 3.63) is 40.9 Å². The van der Waals surface area contributed by atoms with Gasteiger partial charge in [-0.2, -0.15) is 0 Å². The summed E-state index contributed by atoms with van der Waals surface area (Å²) in [6, 6.07) is 3.62. The second-order valence-electron chi connectivity index (χ2n) is 4.51. The number of pyridine rings is 2. The molecule has 1 N–H and O–H groups in total. The molecule has 118 valence electrons. The average molecular weight is 344 g/mol. The Labute approximate surface area is 126 Å². The van der Waals surface area contributed by atoms with Crippen LogP contribution in [0.2, 0.25) is 0 Å². The molecule has 8 nitrogen and oxygen atoms in total. The predicted octanol–water partition coefficient (Wildman–Crippen LogP) is 0.369. The third-order valence-electron chi connectivity index (χ3n) is 2.59. The summed E-state index contributed by atoms with van der Waals surface area (Å²) in [4.78, 5) is 17.5. The van der Waals surface area contributed by atoms with Crippen LogP contribution in [0.4, 0.5) is 0 Å². The number of sulfone groups is 2. The first kappa shape index (κ1) is 16.2. The molecular weight excluding hydrogens is 332 g/mol. The molecule has 0 radical (unpaired) electrons. The lowest BCUT2D eigenvalue weighted by atomic mass is 10.4. The van der Waals surface area contributed by atoms with Crippen molar-refractivity contribution in [1.82, 2.24) is 9.97 Å². The van der Waals surface area contributed by atoms with Crippen LogP contribution in [0, 0.1) is 0 Å². The van der Waals surface area contributed by atoms with E-state index in [1.807, 2.05) is 0 Å². The van der Waals surface area contributed by atoms with E-state index in [9.17, 15) is 21.6 Å². The molecule has 0 atom stereocenters. The van der Waals surface area contributed by atoms with Crippen molar-refractivity contribution in [1.29, 1.82) is 0 Å². The van der Waals surface area contributed by atoms with Gasteiger partial charge in [0.05, 0.1) is 11.1 Å². The highest BCUT2D eigenvalue weighted by atomic mass is 32.2. The molecule has 2 aromatic heterocycles. The van der Waals surface area contributed by atoms with Crippen LogP contribution in [-0.4, -0.2) is 39.3 Å². The van der Waals surface area contributed by atoms with Crippen LogP contribution >= 0.6 is 0 Å². The maximum atomic E-state index is 11.6. The summed E-state index contributed by atoms with van der Waals surface area (Å²) >= 11 is 0. The van der Waals surface area contributed by atoms with Crippen LogP contribution in [0.1, 0.15) is 0 Å². The normalized spacial score (nSPS) is 12.1. The Kier molecular flexibility index (Phi) is 4.07. The maximum absolute atomic E-state index is 11.6. The van der Waals surface area contributed by atoms with E-state index in [1.165, 1.54) is 12.1 Å². The fourth-order valence-corrected chi connectivity index (χ4v) is 2.66. The van der Waals surface area contributed by atoms with Crippen LogP contribution in [0.15, 0.2) is 45.3 Å². The van der Waals surface area contributed by atoms with Gasteiger partial charge < -0.3 is 9.72 Å². The second kappa shape index (κ2) is 5.54. The number of aromatic amines is 1. The van der Waals surface area contributed by atoms with E-state index in [4.69, 9.17) is 4.74 Å². The zero-order valence-electron chi connectivity index (χ0n) is 11.6. The summed E-state index contributed by atoms with van der Waals surface area (Å²) in [5.74, 6) is -0.139. The molecule has 0 aliphatic rings. The highest BCUT2D eigenvalue weighted by Gasteiger charge is 2.13. The average Bonchev–Trinajstić information content (AvgIpc) is 2.39. The monoisotopic (exact) mass is 344 g/mol. The Balaban J connectivity index is 2.37. The van der Waals surface area contributed by atoms with Gasteiger partial charge in [0.1, 0.15) is 5.75 Å². The molecule has 0 aliphatic carbocycles. The highest BCUT2D eigenvalue weighted by molar-refractivity contribution is 7.91. The van der Waals surface area contributed by atoms with Crippen molar-refractivity contribution in [2.45, 2.75) is 9.92 Å². The van der Waals surface area contributed by atoms with Gasteiger partial charge in [0.25, 0.3) is 5.56 Å². The first-order chi connectivity index (χ1) is 10.1. The summed E-state index contributed by atoms with van der Waals surface area (Å²) in [5.41, 5.74) is -0.625. The number of nitrogens with one attached hydrogen (secondary N) is 1. The van der Waals surface area contributed by atoms with Gasteiger partial charge in [0.2, 0.25) is 0 Å². The highest BCUT2D eigenvalue weighted by Crippen LogP contribution is 2.20. The Bertz CT molecular complexity index is 959. The molecule has 2 aromatic rings. The van der Waals surface area contributed by atoms with Crippen molar-refractivity contribution < 1.29 is 21.6 Å². The third-order valence-corrected chi connectivity index (χ3v) is 4.68. The topological polar surface area (TPSA) is 123 Å². The van der Waals surface area contributed by atoms with Crippen molar-refractivity contribution in [2.24, 2.45) is 0 Å². The SMILES string of the molecule is CS(=O)(=O)c1c[nH]c(=O)c(Oc2ccc(S(C)(=O)=O)nc2)c1. The van der Waals surface area contributed by atoms with Gasteiger partial charge in [0, 0.05) is 24.8 Å². The number of H-pyrrole nitrogens is 1. The predicted molar refractivity (Wildman–Crippen MR) is 77.6 cm³/mol. The molecule has 2 rings (SSSR count). The molecule has 0 fully saturated rings. The lowest BCUT2D eigenvalue weighted by molar-refractivity contribution is 0.469. The van der Waals surface area contributed by atoms with Crippen molar-refractivity contribution >= 4 is 19.7 Å². The molecule has 22 heavy (non-hydrogen) atoms. The fraction of sp³-hybridized carbons (Fsp3) is 0.167. The van der Waals surface area contributed by atoms with Crippen molar-refractivity contribution in [2.75, 3.05) is 12.5 Å². The smallest absolute Gasteiger partial charge is 0.291 e. The number of hydrogen-bond acceptors (Lipinski definition) is 7. The fourth-order valence-electron chi connectivity index (χ4n) is 1.51. The first-order valence-corrected chi connectivity index (χ1v) is 9.62. The summed E-state index contributed by atoms with van der Waals surface area (Å²) in [5, 5.41) is -0.140. The van der Waals surface area contributed by atoms with Crippen LogP contribution in [-0.2, 0) is 19.7 Å². The minimum atomic E-state index is -3.51. The van der Waals surface area contributed by atoms with E-state index < -0.39 is 25.2 Å². The van der Waals surface area contributed by atoms with Crippen molar-refractivity contribution in [3.63, 3.8) is 0 Å². The van der Waals surface area contributed by atoms with Gasteiger partial charge in [0.15, 0.2) is 30.4 Å². The van der Waals surface area contributed by atoms with E-state index >= 15 is 0 Å². The first-order valence-electron chi connectivity index (χ1n) is 5.84. The molecule has 0 saturated carbocycles. The summed E-state index contributed by atoms with van der Waals surface area (Å²) < 4.78 is 50.7. The Morgan fingerprint density at radius 2 is 1.77 bits per heavy atom. The zero-order valence-corrected chi connectivity index (χ0v) is 13.2. The minimum Gasteiger partial charge on any atom is -0.450 e. The lowest BCUT2D eigenvalue weighted by Gasteiger charge is -2.06. The Hall–Kier alpha value is -2.20. The zero-order chi connectivity index (χ0) is 16.5. The van der Waals surface area contributed by atoms with Crippen LogP contribution in [0.3, 0.4) is 0 Å². The number of hydrogen-bond donors (Lipinski definition) is 1. The van der Waals surface area contributed by atoms with E-state index in [2.05, 4.69) is 9.97 Å². The molecule has 0 spiro atoms. The van der Waals surface area contributed by atoms with E-state index in [-0.39, 0.29) is 21.4 Å². The maximum Gasteiger partial charge on any atom is 0.291 e. The summed E-state index contributed by atoms with van der Waals surface area (Å²) in [7, 11) is -6.95. The Morgan fingerprint density at radius 3 is 2.27 bits per heavy atom. The van der Waals surface area contributed by atoms with E-state index in [0.29, 0.717) is 0 Å². The standard InChI is InChI=1S/C12H12N2O6S2/c1-21(16,17)9-5-10(12(15)14-7-9)20-8-3-4-11(13-6-8)22(2,18)19/h3-7H,1-2H3,(H,14,15). The van der Waals surface area contributed by atoms with Gasteiger partial charge in [-0.3, -0.25) is 4.79 Å². The molecule has 2 heterocycles. The molecule has 0 amide bonds. The second-order valence-corrected chi connectivity index (χ2v) is 8.49. The third kappa shape index (κ3) is 3.71. The van der Waals surface area contributed by atoms with Crippen LogP contribution < -0.4 is 10.3 Å². The molecule has 0 aliphatic heterocycles. The number of rotatable bonds is 4. The van der Waals surface area contributed by atoms with Gasteiger partial charge in [-0.1, -0.05) is 0 Å². The molecule has 0 bridgehead atoms. The van der Waals surface area contributed by atoms with E-state index in [0.717, 1.165) is 31.0 Å². The summed E-state index contributed by atoms with van der Waals surface area (Å²) in [6.07, 6.45) is 4.20. The number of nitrogens with zero attached hydrogens (tertiary/aromatic N) is 1. The summed E-state index contributed by atoms with van der Waals surface area (Å²) in [6.45, 7) is 0. The van der Waals surface area contributed by atoms with Crippen LogP contribution in [0.5, 0.6) is 11.5 Å². The molecule has 10 heteroatoms. The molecular formula is C12H12N2O6S2. The lowest BCUT2D eigenvalue weighted by Crippen LogP contribution is -2.11. The number of aromatic nitrogens is 2. The molecule has 0 unspecified atom stereocenters. The molecule has 0 saturated heterocycles. The minimum absolute atomic E-state index is 0.101. The molecule has 0 aromatic carbocycles. The van der Waals surface area contributed by atoms with Gasteiger partial charge in [-0.25, -0.2) is 21.8 Å². The van der Waals surface area contributed by atoms with Gasteiger partial charge in [-0.15, -0.1) is 0 Å². The largest absolute Gasteiger partial charge is 0.450 e. The van der Waals surface area contributed by atoms with Gasteiger partial charge >= 0.3 is 0 Å². The Morgan fingerprint density at radius 1 is 1.09 bits per heavy atom.